The Morgan fingerprint density at radius 3 is 2.65 bits per heavy atom. The molecule has 31 heavy (non-hydrogen) atoms. The molecular weight excluding hydrogens is 394 g/mol. The van der Waals surface area contributed by atoms with Gasteiger partial charge in [0.1, 0.15) is 0 Å². The van der Waals surface area contributed by atoms with Crippen molar-refractivity contribution >= 4 is 11.6 Å². The van der Waals surface area contributed by atoms with Crippen molar-refractivity contribution in [3.8, 4) is 0 Å². The molecule has 1 N–H and O–H groups in total. The zero-order valence-electron chi connectivity index (χ0n) is 17.9. The standard InChI is InChI=1S/C22H27N7O2/c1-3-4-6-14-20(30)23-15-18-12-9-13-19(24-18)16-31-26-21(17-10-7-5-8-11-17)22-25-27-28-29(22)2/h5,7-13H,3-4,6,14-16H2,1-2H3,(H,23,30)/b26-21-. The molecular formula is C22H27N7O2. The average molecular weight is 422 g/mol. The zero-order valence-corrected chi connectivity index (χ0v) is 17.9. The number of aryl methyl sites for hydroxylation is 1. The van der Waals surface area contributed by atoms with Crippen LogP contribution in [0.3, 0.4) is 0 Å². The first kappa shape index (κ1) is 22.1. The lowest BCUT2D eigenvalue weighted by atomic mass is 10.1. The molecule has 162 valence electrons. The van der Waals surface area contributed by atoms with Gasteiger partial charge >= 0.3 is 0 Å². The van der Waals surface area contributed by atoms with Crippen LogP contribution in [-0.4, -0.2) is 36.8 Å². The van der Waals surface area contributed by atoms with Crippen LogP contribution in [0.25, 0.3) is 0 Å². The predicted molar refractivity (Wildman–Crippen MR) is 116 cm³/mol. The van der Waals surface area contributed by atoms with E-state index in [1.165, 1.54) is 4.68 Å². The lowest BCUT2D eigenvalue weighted by Gasteiger charge is -2.08. The summed E-state index contributed by atoms with van der Waals surface area (Å²) in [6, 6.07) is 15.2. The summed E-state index contributed by atoms with van der Waals surface area (Å²) in [6.07, 6.45) is 3.61. The molecule has 1 amide bonds. The van der Waals surface area contributed by atoms with Crippen LogP contribution >= 0.6 is 0 Å². The summed E-state index contributed by atoms with van der Waals surface area (Å²) in [5.74, 6) is 0.546. The van der Waals surface area contributed by atoms with Gasteiger partial charge in [0.15, 0.2) is 12.3 Å². The monoisotopic (exact) mass is 421 g/mol. The number of amides is 1. The molecule has 0 bridgehead atoms. The van der Waals surface area contributed by atoms with Crippen molar-refractivity contribution in [3.63, 3.8) is 0 Å². The molecule has 0 aliphatic heterocycles. The van der Waals surface area contributed by atoms with Gasteiger partial charge in [-0.25, -0.2) is 4.68 Å². The van der Waals surface area contributed by atoms with Gasteiger partial charge in [0, 0.05) is 19.0 Å². The van der Waals surface area contributed by atoms with E-state index in [-0.39, 0.29) is 12.5 Å². The first-order chi connectivity index (χ1) is 15.2. The number of tetrazole rings is 1. The van der Waals surface area contributed by atoms with Crippen LogP contribution < -0.4 is 5.32 Å². The summed E-state index contributed by atoms with van der Waals surface area (Å²) in [6.45, 7) is 2.69. The van der Waals surface area contributed by atoms with Gasteiger partial charge in [0.05, 0.1) is 17.9 Å². The Labute approximate surface area is 181 Å². The molecule has 3 rings (SSSR count). The molecule has 0 atom stereocenters. The second-order valence-corrected chi connectivity index (χ2v) is 7.06. The van der Waals surface area contributed by atoms with Crippen LogP contribution in [0.4, 0.5) is 0 Å². The Kier molecular flexibility index (Phi) is 8.21. The molecule has 0 unspecified atom stereocenters. The van der Waals surface area contributed by atoms with Gasteiger partial charge in [0.25, 0.3) is 0 Å². The molecule has 0 spiro atoms. The van der Waals surface area contributed by atoms with Gasteiger partial charge in [-0.05, 0) is 29.0 Å². The van der Waals surface area contributed by atoms with Crippen LogP contribution in [-0.2, 0) is 29.8 Å². The second-order valence-electron chi connectivity index (χ2n) is 7.06. The summed E-state index contributed by atoms with van der Waals surface area (Å²) in [5.41, 5.74) is 2.86. The van der Waals surface area contributed by atoms with Crippen molar-refractivity contribution < 1.29 is 9.63 Å². The van der Waals surface area contributed by atoms with Gasteiger partial charge in [-0.15, -0.1) is 5.10 Å². The Morgan fingerprint density at radius 1 is 1.10 bits per heavy atom. The van der Waals surface area contributed by atoms with Crippen molar-refractivity contribution in [2.24, 2.45) is 12.2 Å². The Balaban J connectivity index is 1.62. The minimum absolute atomic E-state index is 0.0475. The van der Waals surface area contributed by atoms with Crippen LogP contribution in [0.2, 0.25) is 0 Å². The Bertz CT molecular complexity index is 1000. The summed E-state index contributed by atoms with van der Waals surface area (Å²) < 4.78 is 1.54. The highest BCUT2D eigenvalue weighted by molar-refractivity contribution is 6.10. The van der Waals surface area contributed by atoms with Gasteiger partial charge in [-0.2, -0.15) is 0 Å². The maximum atomic E-state index is 11.9. The minimum Gasteiger partial charge on any atom is -0.389 e. The maximum Gasteiger partial charge on any atom is 0.220 e. The fourth-order valence-electron chi connectivity index (χ4n) is 2.93. The number of carbonyl (C=O) groups excluding carboxylic acids is 1. The number of carbonyl (C=O) groups is 1. The zero-order chi connectivity index (χ0) is 21.9. The predicted octanol–water partition coefficient (Wildman–Crippen LogP) is 2.77. The largest absolute Gasteiger partial charge is 0.389 e. The van der Waals surface area contributed by atoms with E-state index >= 15 is 0 Å². The third-order valence-corrected chi connectivity index (χ3v) is 4.59. The third-order valence-electron chi connectivity index (χ3n) is 4.59. The molecule has 9 nitrogen and oxygen atoms in total. The summed E-state index contributed by atoms with van der Waals surface area (Å²) >= 11 is 0. The molecule has 2 heterocycles. The average Bonchev–Trinajstić information content (AvgIpc) is 3.22. The molecule has 0 fully saturated rings. The molecule has 1 aromatic carbocycles. The number of benzene rings is 1. The molecule has 0 saturated carbocycles. The van der Waals surface area contributed by atoms with Gasteiger partial charge in [0.2, 0.25) is 11.7 Å². The molecule has 0 aliphatic carbocycles. The van der Waals surface area contributed by atoms with Gasteiger partial charge in [-0.3, -0.25) is 9.78 Å². The number of pyridine rings is 1. The highest BCUT2D eigenvalue weighted by Gasteiger charge is 2.14. The summed E-state index contributed by atoms with van der Waals surface area (Å²) in [4.78, 5) is 22.0. The first-order valence-corrected chi connectivity index (χ1v) is 10.4. The molecule has 0 radical (unpaired) electrons. The molecule has 2 aromatic heterocycles. The quantitative estimate of drug-likeness (QED) is 0.290. The summed E-state index contributed by atoms with van der Waals surface area (Å²) in [7, 11) is 1.75. The van der Waals surface area contributed by atoms with E-state index in [9.17, 15) is 4.79 Å². The lowest BCUT2D eigenvalue weighted by Crippen LogP contribution is -2.23. The smallest absolute Gasteiger partial charge is 0.220 e. The lowest BCUT2D eigenvalue weighted by molar-refractivity contribution is -0.121. The number of aromatic nitrogens is 5. The topological polar surface area (TPSA) is 107 Å². The van der Waals surface area contributed by atoms with E-state index in [1.54, 1.807) is 7.05 Å². The van der Waals surface area contributed by atoms with E-state index in [2.05, 4.69) is 37.9 Å². The number of nitrogens with zero attached hydrogens (tertiary/aromatic N) is 6. The molecule has 9 heteroatoms. The Hall–Kier alpha value is -3.62. The first-order valence-electron chi connectivity index (χ1n) is 10.4. The van der Waals surface area contributed by atoms with E-state index in [0.717, 1.165) is 30.5 Å². The fourth-order valence-corrected chi connectivity index (χ4v) is 2.93. The summed E-state index contributed by atoms with van der Waals surface area (Å²) in [5, 5.41) is 18.8. The number of unbranched alkanes of at least 4 members (excludes halogenated alkanes) is 2. The van der Waals surface area contributed by atoms with Crippen molar-refractivity contribution in [1.82, 2.24) is 30.5 Å². The van der Waals surface area contributed by atoms with Gasteiger partial charge in [-0.1, -0.05) is 61.3 Å². The maximum absolute atomic E-state index is 11.9. The SMILES string of the molecule is CCCCCC(=O)NCc1cccc(CO/N=C(/c2ccccc2)c2nnnn2C)n1. The highest BCUT2D eigenvalue weighted by atomic mass is 16.6. The van der Waals surface area contributed by atoms with E-state index in [4.69, 9.17) is 4.84 Å². The van der Waals surface area contributed by atoms with Crippen molar-refractivity contribution in [1.29, 1.82) is 0 Å². The Morgan fingerprint density at radius 2 is 1.90 bits per heavy atom. The number of nitrogens with one attached hydrogen (secondary N) is 1. The third kappa shape index (κ3) is 6.70. The van der Waals surface area contributed by atoms with Gasteiger partial charge < -0.3 is 10.2 Å². The number of hydrogen-bond acceptors (Lipinski definition) is 7. The van der Waals surface area contributed by atoms with Crippen LogP contribution in [0.5, 0.6) is 0 Å². The van der Waals surface area contributed by atoms with Crippen molar-refractivity contribution in [2.75, 3.05) is 0 Å². The minimum atomic E-state index is 0.0475. The number of oxime groups is 1. The second kappa shape index (κ2) is 11.5. The van der Waals surface area contributed by atoms with E-state index in [1.807, 2.05) is 48.5 Å². The van der Waals surface area contributed by atoms with E-state index in [0.29, 0.717) is 30.2 Å². The molecule has 0 aliphatic rings. The number of rotatable bonds is 11. The van der Waals surface area contributed by atoms with Crippen LogP contribution in [0, 0.1) is 0 Å². The molecule has 0 saturated heterocycles. The highest BCUT2D eigenvalue weighted by Crippen LogP contribution is 2.09. The normalized spacial score (nSPS) is 11.4. The van der Waals surface area contributed by atoms with Crippen molar-refractivity contribution in [2.45, 2.75) is 45.8 Å². The fraction of sp³-hybridized carbons (Fsp3) is 0.364. The molecule has 3 aromatic rings. The van der Waals surface area contributed by atoms with Crippen LogP contribution in [0.15, 0.2) is 53.7 Å². The van der Waals surface area contributed by atoms with E-state index < -0.39 is 0 Å². The van der Waals surface area contributed by atoms with Crippen molar-refractivity contribution in [3.05, 3.63) is 71.3 Å². The number of hydrogen-bond donors (Lipinski definition) is 1. The van der Waals surface area contributed by atoms with Crippen LogP contribution in [0.1, 0.15) is 55.4 Å².